The third-order valence-corrected chi connectivity index (χ3v) is 4.41. The number of piperidine rings is 1. The first-order valence-corrected chi connectivity index (χ1v) is 9.41. The van der Waals surface area contributed by atoms with E-state index in [2.05, 4.69) is 0 Å². The Labute approximate surface area is 157 Å². The molecule has 0 bridgehead atoms. The van der Waals surface area contributed by atoms with E-state index in [0.29, 0.717) is 25.9 Å². The second-order valence-corrected chi connectivity index (χ2v) is 6.92. The lowest BCUT2D eigenvalue weighted by molar-refractivity contribution is -0.138. The zero-order valence-corrected chi connectivity index (χ0v) is 16.4. The van der Waals surface area contributed by atoms with E-state index >= 15 is 0 Å². The molecule has 156 valence electrons. The summed E-state index contributed by atoms with van der Waals surface area (Å²) < 4.78 is 66.9. The van der Waals surface area contributed by atoms with Gasteiger partial charge in [-0.15, -0.1) is 0 Å². The minimum Gasteiger partial charge on any atom is -0.315 e. The molecule has 1 aliphatic heterocycles. The summed E-state index contributed by atoms with van der Waals surface area (Å²) in [4.78, 5) is 13.9. The van der Waals surface area contributed by atoms with Gasteiger partial charge in [-0.3, -0.25) is 9.69 Å². The van der Waals surface area contributed by atoms with E-state index in [0.717, 1.165) is 16.8 Å². The third-order valence-electron chi connectivity index (χ3n) is 4.41. The van der Waals surface area contributed by atoms with Gasteiger partial charge in [0.15, 0.2) is 0 Å². The van der Waals surface area contributed by atoms with E-state index in [9.17, 15) is 26.7 Å². The Morgan fingerprint density at radius 1 is 1.19 bits per heavy atom. The van der Waals surface area contributed by atoms with Crippen LogP contribution in [-0.2, 0) is 12.7 Å². The van der Waals surface area contributed by atoms with Gasteiger partial charge in [-0.1, -0.05) is 27.7 Å². The Morgan fingerprint density at radius 2 is 1.81 bits per heavy atom. The van der Waals surface area contributed by atoms with Crippen LogP contribution in [0.15, 0.2) is 17.1 Å². The summed E-state index contributed by atoms with van der Waals surface area (Å²) in [5.41, 5.74) is -1.20. The number of hydrogen-bond donors (Lipinski definition) is 0. The van der Waals surface area contributed by atoms with Crippen molar-refractivity contribution in [1.82, 2.24) is 9.47 Å². The molecule has 1 aromatic rings. The van der Waals surface area contributed by atoms with Crippen LogP contribution in [-0.4, -0.2) is 35.0 Å². The molecular formula is C19H29F5N2O. The number of pyridine rings is 1. The first-order chi connectivity index (χ1) is 12.5. The predicted molar refractivity (Wildman–Crippen MR) is 96.4 cm³/mol. The lowest BCUT2D eigenvalue weighted by atomic mass is 10.0. The molecule has 2 heterocycles. The van der Waals surface area contributed by atoms with Crippen LogP contribution in [0.1, 0.15) is 64.0 Å². The van der Waals surface area contributed by atoms with Crippen LogP contribution < -0.4 is 5.56 Å². The van der Waals surface area contributed by atoms with Crippen molar-refractivity contribution in [1.29, 1.82) is 0 Å². The summed E-state index contributed by atoms with van der Waals surface area (Å²) in [7, 11) is 0. The molecule has 0 N–H and O–H groups in total. The second-order valence-electron chi connectivity index (χ2n) is 6.92. The molecule has 0 spiro atoms. The molecule has 8 heteroatoms. The van der Waals surface area contributed by atoms with Gasteiger partial charge < -0.3 is 4.57 Å². The Bertz CT molecular complexity index is 652. The molecule has 1 aromatic heterocycles. The van der Waals surface area contributed by atoms with Crippen molar-refractivity contribution in [3.8, 4) is 0 Å². The fraction of sp³-hybridized carbons (Fsp3) is 0.737. The lowest BCUT2D eigenvalue weighted by Gasteiger charge is -2.32. The first-order valence-electron chi connectivity index (χ1n) is 9.41. The highest BCUT2D eigenvalue weighted by molar-refractivity contribution is 5.24. The summed E-state index contributed by atoms with van der Waals surface area (Å²) in [6, 6.07) is 0.898. The fourth-order valence-corrected chi connectivity index (χ4v) is 3.10. The van der Waals surface area contributed by atoms with E-state index in [1.54, 1.807) is 18.7 Å². The number of halogens is 5. The molecule has 0 radical (unpaired) electrons. The fourth-order valence-electron chi connectivity index (χ4n) is 3.10. The van der Waals surface area contributed by atoms with E-state index in [1.807, 2.05) is 13.8 Å². The molecule has 27 heavy (non-hydrogen) atoms. The third kappa shape index (κ3) is 6.90. The Kier molecular flexibility index (Phi) is 8.45. The summed E-state index contributed by atoms with van der Waals surface area (Å²) >= 11 is 0. The maximum Gasteiger partial charge on any atom is 0.417 e. The highest BCUT2D eigenvalue weighted by Gasteiger charge is 2.35. The van der Waals surface area contributed by atoms with Crippen molar-refractivity contribution in [2.75, 3.05) is 19.6 Å². The Hall–Kier alpha value is -1.44. The van der Waals surface area contributed by atoms with Crippen molar-refractivity contribution in [2.45, 2.75) is 71.5 Å². The standard InChI is InChI=1S/C17H23F5N2O.C2H6/c1-12(2)14-9-13(17(20,21)22)10-24(15(14)25)8-4-7-23-6-3-5-16(18,19)11-23;1-2/h9-10,12H,3-8,11H2,1-2H3;1-2H3. The quantitative estimate of drug-likeness (QED) is 0.644. The number of alkyl halides is 5. The summed E-state index contributed by atoms with van der Waals surface area (Å²) in [5.74, 6) is -3.04. The lowest BCUT2D eigenvalue weighted by Crippen LogP contribution is -2.43. The van der Waals surface area contributed by atoms with Crippen LogP contribution in [0.2, 0.25) is 0 Å². The van der Waals surface area contributed by atoms with E-state index < -0.39 is 23.2 Å². The number of nitrogens with zero attached hydrogens (tertiary/aromatic N) is 2. The van der Waals surface area contributed by atoms with Crippen molar-refractivity contribution in [3.63, 3.8) is 0 Å². The molecule has 0 saturated carbocycles. The van der Waals surface area contributed by atoms with Crippen molar-refractivity contribution < 1.29 is 22.0 Å². The van der Waals surface area contributed by atoms with E-state index in [-0.39, 0.29) is 31.0 Å². The minimum absolute atomic E-state index is 0.0740. The molecule has 2 rings (SSSR count). The molecule has 0 amide bonds. The van der Waals surface area contributed by atoms with Crippen LogP contribution in [0.5, 0.6) is 0 Å². The number of aryl methyl sites for hydroxylation is 1. The van der Waals surface area contributed by atoms with Crippen molar-refractivity contribution >= 4 is 0 Å². The highest BCUT2D eigenvalue weighted by Crippen LogP contribution is 2.30. The van der Waals surface area contributed by atoms with Crippen LogP contribution in [0, 0.1) is 0 Å². The van der Waals surface area contributed by atoms with Gasteiger partial charge in [-0.2, -0.15) is 13.2 Å². The molecule has 1 saturated heterocycles. The zero-order chi connectivity index (χ0) is 20.8. The Balaban J connectivity index is 0.00000176. The van der Waals surface area contributed by atoms with Gasteiger partial charge >= 0.3 is 6.18 Å². The van der Waals surface area contributed by atoms with Crippen molar-refractivity contribution in [3.05, 3.63) is 33.7 Å². The van der Waals surface area contributed by atoms with Gasteiger partial charge in [0.25, 0.3) is 11.5 Å². The highest BCUT2D eigenvalue weighted by atomic mass is 19.4. The molecule has 1 aliphatic rings. The maximum atomic E-state index is 13.4. The first kappa shape index (κ1) is 23.6. The zero-order valence-electron chi connectivity index (χ0n) is 16.4. The van der Waals surface area contributed by atoms with Crippen LogP contribution in [0.25, 0.3) is 0 Å². The average molecular weight is 396 g/mol. The molecule has 1 fully saturated rings. The minimum atomic E-state index is -4.53. The molecular weight excluding hydrogens is 367 g/mol. The van der Waals surface area contributed by atoms with E-state index in [1.165, 1.54) is 0 Å². The molecule has 0 atom stereocenters. The summed E-state index contributed by atoms with van der Waals surface area (Å²) in [6.07, 6.45) is -3.11. The monoisotopic (exact) mass is 396 g/mol. The van der Waals surface area contributed by atoms with Crippen molar-refractivity contribution in [2.24, 2.45) is 0 Å². The molecule has 0 aromatic carbocycles. The molecule has 3 nitrogen and oxygen atoms in total. The number of aromatic nitrogens is 1. The number of hydrogen-bond acceptors (Lipinski definition) is 2. The molecule has 0 aliphatic carbocycles. The van der Waals surface area contributed by atoms with Gasteiger partial charge in [-0.05, 0) is 31.4 Å². The summed E-state index contributed by atoms with van der Waals surface area (Å²) in [5, 5.41) is 0. The van der Waals surface area contributed by atoms with Crippen LogP contribution >= 0.6 is 0 Å². The topological polar surface area (TPSA) is 25.2 Å². The number of likely N-dealkylation sites (tertiary alicyclic amines) is 1. The average Bonchev–Trinajstić information content (AvgIpc) is 2.56. The Morgan fingerprint density at radius 3 is 2.33 bits per heavy atom. The maximum absolute atomic E-state index is 13.4. The van der Waals surface area contributed by atoms with Gasteiger partial charge in [0, 0.05) is 31.3 Å². The predicted octanol–water partition coefficient (Wildman–Crippen LogP) is 5.14. The van der Waals surface area contributed by atoms with Crippen LogP contribution in [0.3, 0.4) is 0 Å². The smallest absolute Gasteiger partial charge is 0.315 e. The van der Waals surface area contributed by atoms with Gasteiger partial charge in [0.05, 0.1) is 12.1 Å². The normalized spacial score (nSPS) is 17.6. The van der Waals surface area contributed by atoms with E-state index in [4.69, 9.17) is 0 Å². The second kappa shape index (κ2) is 9.66. The van der Waals surface area contributed by atoms with Gasteiger partial charge in [0.2, 0.25) is 0 Å². The SMILES string of the molecule is CC.CC(C)c1cc(C(F)(F)F)cn(CCCN2CCCC(F)(F)C2)c1=O. The molecule has 0 unspecified atom stereocenters. The number of rotatable bonds is 5. The van der Waals surface area contributed by atoms with Gasteiger partial charge in [0.1, 0.15) is 0 Å². The van der Waals surface area contributed by atoms with Crippen LogP contribution in [0.4, 0.5) is 22.0 Å². The largest absolute Gasteiger partial charge is 0.417 e. The van der Waals surface area contributed by atoms with Gasteiger partial charge in [-0.25, -0.2) is 8.78 Å². The summed E-state index contributed by atoms with van der Waals surface area (Å²) in [6.45, 7) is 7.94.